The van der Waals surface area contributed by atoms with Crippen molar-refractivity contribution in [1.82, 2.24) is 10.2 Å². The molecule has 1 aliphatic heterocycles. The number of carbonyl (C=O) groups is 3. The van der Waals surface area contributed by atoms with Crippen LogP contribution in [-0.2, 0) is 14.4 Å². The minimum Gasteiger partial charge on any atom is -0.481 e. The molecule has 1 heterocycles. The second-order valence-corrected chi connectivity index (χ2v) is 3.83. The molecule has 0 saturated carbocycles. The fourth-order valence-electron chi connectivity index (χ4n) is 1.65. The lowest BCUT2D eigenvalue weighted by Gasteiger charge is -2.29. The number of carboxylic acid groups (broad SMARTS) is 1. The van der Waals surface area contributed by atoms with Crippen molar-refractivity contribution in [2.45, 2.75) is 12.8 Å². The van der Waals surface area contributed by atoms with Crippen molar-refractivity contribution in [2.75, 3.05) is 19.6 Å². The molecule has 1 aliphatic rings. The van der Waals surface area contributed by atoms with Gasteiger partial charge in [-0.1, -0.05) is 5.92 Å². The zero-order valence-corrected chi connectivity index (χ0v) is 9.31. The smallest absolute Gasteiger partial charge is 0.308 e. The van der Waals surface area contributed by atoms with Crippen molar-refractivity contribution in [3.8, 4) is 12.3 Å². The van der Waals surface area contributed by atoms with E-state index in [4.69, 9.17) is 11.5 Å². The Morgan fingerprint density at radius 3 is 2.88 bits per heavy atom. The van der Waals surface area contributed by atoms with Gasteiger partial charge in [0.05, 0.1) is 19.0 Å². The molecule has 1 fully saturated rings. The normalized spacial score (nSPS) is 19.6. The first-order valence-electron chi connectivity index (χ1n) is 5.25. The Bertz CT molecular complexity index is 372. The Balaban J connectivity index is 2.50. The van der Waals surface area contributed by atoms with Gasteiger partial charge >= 0.3 is 5.97 Å². The van der Waals surface area contributed by atoms with Gasteiger partial charge in [-0.15, -0.1) is 6.42 Å². The monoisotopic (exact) mass is 238 g/mol. The molecule has 0 aromatic carbocycles. The second-order valence-electron chi connectivity index (χ2n) is 3.83. The Morgan fingerprint density at radius 2 is 2.29 bits per heavy atom. The number of rotatable bonds is 4. The maximum atomic E-state index is 11.5. The average Bonchev–Trinajstić information content (AvgIpc) is 2.29. The molecule has 1 unspecified atom stereocenters. The average molecular weight is 238 g/mol. The molecular weight excluding hydrogens is 224 g/mol. The summed E-state index contributed by atoms with van der Waals surface area (Å²) in [6.07, 6.45) is 5.47. The number of terminal acetylenes is 1. The third-order valence-corrected chi connectivity index (χ3v) is 2.57. The van der Waals surface area contributed by atoms with Gasteiger partial charge in [-0.2, -0.15) is 0 Å². The lowest BCUT2D eigenvalue weighted by Crippen LogP contribution is -2.47. The Hall–Kier alpha value is -2.03. The first kappa shape index (κ1) is 13.0. The Kier molecular flexibility index (Phi) is 4.52. The molecule has 0 aromatic heterocycles. The molecule has 6 nitrogen and oxygen atoms in total. The summed E-state index contributed by atoms with van der Waals surface area (Å²) in [6, 6.07) is 0. The summed E-state index contributed by atoms with van der Waals surface area (Å²) in [7, 11) is 0. The van der Waals surface area contributed by atoms with Gasteiger partial charge in [-0.05, 0) is 6.42 Å². The van der Waals surface area contributed by atoms with E-state index in [0.717, 1.165) is 0 Å². The summed E-state index contributed by atoms with van der Waals surface area (Å²) < 4.78 is 0. The largest absolute Gasteiger partial charge is 0.481 e. The van der Waals surface area contributed by atoms with Gasteiger partial charge in [0.1, 0.15) is 0 Å². The fourth-order valence-corrected chi connectivity index (χ4v) is 1.65. The number of piperidine rings is 1. The molecule has 17 heavy (non-hydrogen) atoms. The molecule has 0 aromatic rings. The van der Waals surface area contributed by atoms with Crippen LogP contribution in [0.3, 0.4) is 0 Å². The SMILES string of the molecule is C#CCNC(=O)CN1CC(C(=O)O)CCC1=O. The van der Waals surface area contributed by atoms with Crippen molar-refractivity contribution >= 4 is 17.8 Å². The molecule has 0 bridgehead atoms. The van der Waals surface area contributed by atoms with E-state index < -0.39 is 11.9 Å². The summed E-state index contributed by atoms with van der Waals surface area (Å²) in [4.78, 5) is 34.9. The summed E-state index contributed by atoms with van der Waals surface area (Å²) in [6.45, 7) is 0.0468. The number of amides is 2. The number of hydrogen-bond donors (Lipinski definition) is 2. The number of hydrogen-bond acceptors (Lipinski definition) is 3. The standard InChI is InChI=1S/C11H14N2O4/c1-2-5-12-9(14)7-13-6-8(11(16)17)3-4-10(13)15/h1,8H,3-7H2,(H,12,14)(H,16,17). The quantitative estimate of drug-likeness (QED) is 0.619. The van der Waals surface area contributed by atoms with Crippen LogP contribution >= 0.6 is 0 Å². The van der Waals surface area contributed by atoms with Crippen LogP contribution in [0.4, 0.5) is 0 Å². The fraction of sp³-hybridized carbons (Fsp3) is 0.545. The van der Waals surface area contributed by atoms with Crippen LogP contribution in [0.25, 0.3) is 0 Å². The molecule has 2 amide bonds. The maximum absolute atomic E-state index is 11.5. The van der Waals surface area contributed by atoms with E-state index in [0.29, 0.717) is 6.42 Å². The number of carboxylic acids is 1. The molecule has 2 N–H and O–H groups in total. The zero-order valence-electron chi connectivity index (χ0n) is 9.31. The highest BCUT2D eigenvalue weighted by atomic mass is 16.4. The molecule has 6 heteroatoms. The van der Waals surface area contributed by atoms with Crippen molar-refractivity contribution in [3.63, 3.8) is 0 Å². The number of aliphatic carboxylic acids is 1. The van der Waals surface area contributed by atoms with E-state index >= 15 is 0 Å². The summed E-state index contributed by atoms with van der Waals surface area (Å²) in [5.74, 6) is 0.148. The van der Waals surface area contributed by atoms with Crippen LogP contribution < -0.4 is 5.32 Å². The van der Waals surface area contributed by atoms with Gasteiger partial charge in [-0.3, -0.25) is 14.4 Å². The van der Waals surface area contributed by atoms with Crippen LogP contribution in [0, 0.1) is 18.3 Å². The predicted octanol–water partition coefficient (Wildman–Crippen LogP) is -0.941. The van der Waals surface area contributed by atoms with Crippen molar-refractivity contribution < 1.29 is 19.5 Å². The van der Waals surface area contributed by atoms with Gasteiger partial charge in [-0.25, -0.2) is 0 Å². The molecule has 0 radical (unpaired) electrons. The van der Waals surface area contributed by atoms with Crippen molar-refractivity contribution in [1.29, 1.82) is 0 Å². The highest BCUT2D eigenvalue weighted by molar-refractivity contribution is 5.86. The van der Waals surface area contributed by atoms with Crippen LogP contribution in [0.2, 0.25) is 0 Å². The van der Waals surface area contributed by atoms with E-state index in [2.05, 4.69) is 11.2 Å². The number of nitrogens with zero attached hydrogens (tertiary/aromatic N) is 1. The summed E-state index contributed by atoms with van der Waals surface area (Å²) in [5, 5.41) is 11.3. The Morgan fingerprint density at radius 1 is 1.59 bits per heavy atom. The molecule has 92 valence electrons. The van der Waals surface area contributed by atoms with Crippen LogP contribution in [-0.4, -0.2) is 47.4 Å². The van der Waals surface area contributed by atoms with E-state index in [1.54, 1.807) is 0 Å². The molecule has 0 spiro atoms. The number of likely N-dealkylation sites (tertiary alicyclic amines) is 1. The van der Waals surface area contributed by atoms with Gasteiger partial charge in [0.25, 0.3) is 0 Å². The van der Waals surface area contributed by atoms with Gasteiger partial charge in [0.15, 0.2) is 0 Å². The minimum atomic E-state index is -0.938. The zero-order chi connectivity index (χ0) is 12.8. The molecule has 0 aliphatic carbocycles. The first-order valence-corrected chi connectivity index (χ1v) is 5.25. The lowest BCUT2D eigenvalue weighted by atomic mass is 9.98. The van der Waals surface area contributed by atoms with Gasteiger partial charge in [0.2, 0.25) is 11.8 Å². The topological polar surface area (TPSA) is 86.7 Å². The third kappa shape index (κ3) is 3.79. The number of nitrogens with one attached hydrogen (secondary N) is 1. The molecule has 1 rings (SSSR count). The summed E-state index contributed by atoms with van der Waals surface area (Å²) >= 11 is 0. The van der Waals surface area contributed by atoms with Crippen LogP contribution in [0.15, 0.2) is 0 Å². The maximum Gasteiger partial charge on any atom is 0.308 e. The minimum absolute atomic E-state index is 0.0810. The highest BCUT2D eigenvalue weighted by Crippen LogP contribution is 2.17. The van der Waals surface area contributed by atoms with Gasteiger partial charge < -0.3 is 15.3 Å². The second kappa shape index (κ2) is 5.89. The highest BCUT2D eigenvalue weighted by Gasteiger charge is 2.30. The van der Waals surface area contributed by atoms with Gasteiger partial charge in [0, 0.05) is 13.0 Å². The van der Waals surface area contributed by atoms with Crippen LogP contribution in [0.1, 0.15) is 12.8 Å². The van der Waals surface area contributed by atoms with Crippen LogP contribution in [0.5, 0.6) is 0 Å². The lowest BCUT2D eigenvalue weighted by molar-refractivity contribution is -0.149. The third-order valence-electron chi connectivity index (χ3n) is 2.57. The van der Waals surface area contributed by atoms with E-state index in [1.165, 1.54) is 4.90 Å². The summed E-state index contributed by atoms with van der Waals surface area (Å²) in [5.41, 5.74) is 0. The number of carbonyl (C=O) groups excluding carboxylic acids is 2. The van der Waals surface area contributed by atoms with Crippen molar-refractivity contribution in [2.24, 2.45) is 5.92 Å². The van der Waals surface area contributed by atoms with E-state index in [1.807, 2.05) is 0 Å². The molecule has 1 saturated heterocycles. The molecular formula is C11H14N2O4. The van der Waals surface area contributed by atoms with E-state index in [9.17, 15) is 14.4 Å². The molecule has 1 atom stereocenters. The first-order chi connectivity index (χ1) is 8.04. The predicted molar refractivity (Wildman–Crippen MR) is 58.8 cm³/mol. The van der Waals surface area contributed by atoms with E-state index in [-0.39, 0.29) is 37.9 Å². The Labute approximate surface area is 99.0 Å². The van der Waals surface area contributed by atoms with Crippen molar-refractivity contribution in [3.05, 3.63) is 0 Å².